The Kier molecular flexibility index (Phi) is 2.83. The molecule has 3 aromatic rings. The Morgan fingerprint density at radius 1 is 1.26 bits per heavy atom. The Balaban J connectivity index is 2.17. The molecular formula is C13H14N6. The molecule has 1 N–H and O–H groups in total. The lowest BCUT2D eigenvalue weighted by Gasteiger charge is -2.07. The van der Waals surface area contributed by atoms with Crippen molar-refractivity contribution in [3.63, 3.8) is 0 Å². The normalized spacial score (nSPS) is 10.8. The Labute approximate surface area is 110 Å². The maximum atomic E-state index is 4.49. The number of aromatic nitrogens is 5. The van der Waals surface area contributed by atoms with Crippen LogP contribution in [-0.4, -0.2) is 31.5 Å². The van der Waals surface area contributed by atoms with Gasteiger partial charge in [0.1, 0.15) is 5.52 Å². The van der Waals surface area contributed by atoms with Gasteiger partial charge < -0.3 is 5.32 Å². The Bertz CT molecular complexity index is 718. The monoisotopic (exact) mass is 254 g/mol. The minimum Gasteiger partial charge on any atom is -0.354 e. The molecule has 0 fully saturated rings. The largest absolute Gasteiger partial charge is 0.354 e. The lowest BCUT2D eigenvalue weighted by atomic mass is 10.3. The molecule has 3 rings (SSSR count). The highest BCUT2D eigenvalue weighted by atomic mass is 15.4. The van der Waals surface area contributed by atoms with Gasteiger partial charge in [0.15, 0.2) is 5.82 Å². The van der Waals surface area contributed by atoms with Gasteiger partial charge in [0.2, 0.25) is 5.95 Å². The van der Waals surface area contributed by atoms with Crippen LogP contribution in [0.5, 0.6) is 0 Å². The highest BCUT2D eigenvalue weighted by Gasteiger charge is 2.10. The van der Waals surface area contributed by atoms with E-state index < -0.39 is 0 Å². The summed E-state index contributed by atoms with van der Waals surface area (Å²) in [7, 11) is 0. The average Bonchev–Trinajstić information content (AvgIpc) is 2.85. The molecule has 6 nitrogen and oxygen atoms in total. The summed E-state index contributed by atoms with van der Waals surface area (Å²) in [5.41, 5.74) is 2.74. The van der Waals surface area contributed by atoms with Crippen LogP contribution in [0.25, 0.3) is 16.9 Å². The quantitative estimate of drug-likeness (QED) is 0.773. The second kappa shape index (κ2) is 4.64. The third-order valence-electron chi connectivity index (χ3n) is 2.83. The molecule has 0 amide bonds. The summed E-state index contributed by atoms with van der Waals surface area (Å²) < 4.78 is 1.74. The molecule has 1 aromatic carbocycles. The average molecular weight is 254 g/mol. The van der Waals surface area contributed by atoms with E-state index in [9.17, 15) is 0 Å². The van der Waals surface area contributed by atoms with Gasteiger partial charge in [0.05, 0.1) is 5.52 Å². The van der Waals surface area contributed by atoms with Crippen LogP contribution in [0.1, 0.15) is 12.5 Å². The summed E-state index contributed by atoms with van der Waals surface area (Å²) >= 11 is 0. The van der Waals surface area contributed by atoms with Gasteiger partial charge >= 0.3 is 0 Å². The third-order valence-corrected chi connectivity index (χ3v) is 2.83. The van der Waals surface area contributed by atoms with Gasteiger partial charge in [-0.1, -0.05) is 17.3 Å². The Hall–Kier alpha value is -2.50. The minimum absolute atomic E-state index is 0.600. The van der Waals surface area contributed by atoms with Gasteiger partial charge in [-0.05, 0) is 26.0 Å². The fraction of sp³-hybridized carbons (Fsp3) is 0.231. The molecule has 0 aliphatic carbocycles. The number of aryl methyl sites for hydroxylation is 1. The van der Waals surface area contributed by atoms with E-state index in [2.05, 4.69) is 25.6 Å². The van der Waals surface area contributed by atoms with Crippen LogP contribution < -0.4 is 5.32 Å². The second-order valence-corrected chi connectivity index (χ2v) is 4.22. The summed E-state index contributed by atoms with van der Waals surface area (Å²) in [4.78, 5) is 8.73. The Morgan fingerprint density at radius 3 is 2.95 bits per heavy atom. The molecule has 0 spiro atoms. The number of nitrogens with zero attached hydrogens (tertiary/aromatic N) is 5. The molecule has 0 radical (unpaired) electrons. The van der Waals surface area contributed by atoms with Crippen molar-refractivity contribution in [2.24, 2.45) is 0 Å². The van der Waals surface area contributed by atoms with E-state index in [1.165, 1.54) is 0 Å². The number of nitrogens with one attached hydrogen (secondary N) is 1. The van der Waals surface area contributed by atoms with Gasteiger partial charge in [0, 0.05) is 18.3 Å². The van der Waals surface area contributed by atoms with Crippen LogP contribution in [-0.2, 0) is 0 Å². The van der Waals surface area contributed by atoms with Crippen molar-refractivity contribution in [2.75, 3.05) is 11.9 Å². The first-order valence-electron chi connectivity index (χ1n) is 6.18. The van der Waals surface area contributed by atoms with Gasteiger partial charge in [-0.15, -0.1) is 5.10 Å². The molecule has 0 bridgehead atoms. The van der Waals surface area contributed by atoms with Gasteiger partial charge in [-0.25, -0.2) is 4.98 Å². The molecule has 0 saturated carbocycles. The van der Waals surface area contributed by atoms with Crippen molar-refractivity contribution in [3.8, 4) is 5.82 Å². The zero-order valence-electron chi connectivity index (χ0n) is 10.8. The van der Waals surface area contributed by atoms with Crippen molar-refractivity contribution in [1.29, 1.82) is 0 Å². The molecule has 6 heteroatoms. The van der Waals surface area contributed by atoms with Crippen molar-refractivity contribution < 1.29 is 0 Å². The second-order valence-electron chi connectivity index (χ2n) is 4.22. The molecule has 2 aromatic heterocycles. The summed E-state index contributed by atoms with van der Waals surface area (Å²) in [6, 6.07) is 7.81. The smallest absolute Gasteiger partial charge is 0.224 e. The van der Waals surface area contributed by atoms with Gasteiger partial charge in [0.25, 0.3) is 0 Å². The highest BCUT2D eigenvalue weighted by molar-refractivity contribution is 5.75. The minimum atomic E-state index is 0.600. The molecule has 0 aliphatic rings. The zero-order chi connectivity index (χ0) is 13.2. The Morgan fingerprint density at radius 2 is 2.11 bits per heavy atom. The van der Waals surface area contributed by atoms with Crippen molar-refractivity contribution in [3.05, 3.63) is 36.0 Å². The molecule has 19 heavy (non-hydrogen) atoms. The molecule has 96 valence electrons. The topological polar surface area (TPSA) is 68.5 Å². The SMILES string of the molecule is CCNc1ncc(C)c(-n2nnc3ccccc32)n1. The standard InChI is InChI=1S/C13H14N6/c1-3-14-13-15-8-9(2)12(16-13)19-11-7-5-4-6-10(11)17-18-19/h4-8H,3H2,1-2H3,(H,14,15,16). The highest BCUT2D eigenvalue weighted by Crippen LogP contribution is 2.17. The molecular weight excluding hydrogens is 240 g/mol. The van der Waals surface area contributed by atoms with E-state index >= 15 is 0 Å². The van der Waals surface area contributed by atoms with Crippen molar-refractivity contribution >= 4 is 17.0 Å². The summed E-state index contributed by atoms with van der Waals surface area (Å²) in [5, 5.41) is 11.4. The van der Waals surface area contributed by atoms with Crippen LogP contribution in [0.15, 0.2) is 30.5 Å². The number of benzene rings is 1. The number of hydrogen-bond acceptors (Lipinski definition) is 5. The van der Waals surface area contributed by atoms with E-state index in [1.54, 1.807) is 10.9 Å². The van der Waals surface area contributed by atoms with Crippen molar-refractivity contribution in [1.82, 2.24) is 25.0 Å². The number of hydrogen-bond donors (Lipinski definition) is 1. The first-order chi connectivity index (χ1) is 9.29. The predicted octanol–water partition coefficient (Wildman–Crippen LogP) is 1.95. The molecule has 0 aliphatic heterocycles. The van der Waals surface area contributed by atoms with E-state index in [4.69, 9.17) is 0 Å². The van der Waals surface area contributed by atoms with Crippen LogP contribution >= 0.6 is 0 Å². The molecule has 2 heterocycles. The summed E-state index contributed by atoms with van der Waals surface area (Å²) in [5.74, 6) is 1.35. The first kappa shape index (κ1) is 11.6. The van der Waals surface area contributed by atoms with Crippen LogP contribution in [0.2, 0.25) is 0 Å². The lowest BCUT2D eigenvalue weighted by molar-refractivity contribution is 0.790. The van der Waals surface area contributed by atoms with Crippen LogP contribution in [0, 0.1) is 6.92 Å². The maximum Gasteiger partial charge on any atom is 0.224 e. The number of fused-ring (bicyclic) bond motifs is 1. The number of rotatable bonds is 3. The fourth-order valence-electron chi connectivity index (χ4n) is 1.92. The number of para-hydroxylation sites is 1. The fourth-order valence-corrected chi connectivity index (χ4v) is 1.92. The lowest BCUT2D eigenvalue weighted by Crippen LogP contribution is -2.08. The van der Waals surface area contributed by atoms with E-state index in [1.807, 2.05) is 38.1 Å². The van der Waals surface area contributed by atoms with Crippen molar-refractivity contribution in [2.45, 2.75) is 13.8 Å². The van der Waals surface area contributed by atoms with E-state index in [0.29, 0.717) is 5.95 Å². The van der Waals surface area contributed by atoms with E-state index in [-0.39, 0.29) is 0 Å². The molecule has 0 atom stereocenters. The molecule has 0 saturated heterocycles. The van der Waals surface area contributed by atoms with Crippen LogP contribution in [0.3, 0.4) is 0 Å². The van der Waals surface area contributed by atoms with Gasteiger partial charge in [-0.2, -0.15) is 9.67 Å². The van der Waals surface area contributed by atoms with Crippen LogP contribution in [0.4, 0.5) is 5.95 Å². The predicted molar refractivity (Wildman–Crippen MR) is 73.4 cm³/mol. The summed E-state index contributed by atoms with van der Waals surface area (Å²) in [6.45, 7) is 4.75. The molecule has 0 unspecified atom stereocenters. The first-order valence-corrected chi connectivity index (χ1v) is 6.18. The van der Waals surface area contributed by atoms with E-state index in [0.717, 1.165) is 29.0 Å². The summed E-state index contributed by atoms with van der Waals surface area (Å²) in [6.07, 6.45) is 1.79. The third kappa shape index (κ3) is 2.01. The zero-order valence-corrected chi connectivity index (χ0v) is 10.8. The maximum absolute atomic E-state index is 4.49. The van der Waals surface area contributed by atoms with Gasteiger partial charge in [-0.3, -0.25) is 0 Å². The number of anilines is 1.